The molecule has 0 radical (unpaired) electrons. The van der Waals surface area contributed by atoms with Crippen molar-refractivity contribution in [2.75, 3.05) is 6.61 Å². The molecule has 0 aliphatic carbocycles. The SMILES string of the molecule is CC[O][Ge](=[O])[OH]. The van der Waals surface area contributed by atoms with Crippen LogP contribution in [-0.2, 0) is 7.54 Å². The van der Waals surface area contributed by atoms with Crippen molar-refractivity contribution in [3.63, 3.8) is 0 Å². The molecular formula is C2H6GeO3. The van der Waals surface area contributed by atoms with Crippen molar-refractivity contribution < 1.29 is 11.7 Å². The zero-order valence-corrected chi connectivity index (χ0v) is 5.57. The van der Waals surface area contributed by atoms with Gasteiger partial charge in [0.15, 0.2) is 0 Å². The Bertz CT molecular complexity index is 52.8. The molecule has 0 saturated carbocycles. The summed E-state index contributed by atoms with van der Waals surface area (Å²) in [5, 5.41) is 0. The second kappa shape index (κ2) is 3.15. The van der Waals surface area contributed by atoms with E-state index in [0.717, 1.165) is 0 Å². The van der Waals surface area contributed by atoms with Crippen LogP contribution in [0.1, 0.15) is 6.92 Å². The molecule has 0 aromatic carbocycles. The monoisotopic (exact) mass is 152 g/mol. The first-order valence-electron chi connectivity index (χ1n) is 1.63. The topological polar surface area (TPSA) is 46.5 Å². The fraction of sp³-hybridized carbons (Fsp3) is 1.00. The average molecular weight is 151 g/mol. The molecule has 0 aliphatic heterocycles. The third-order valence-electron chi connectivity index (χ3n) is 0.268. The van der Waals surface area contributed by atoms with Crippen LogP contribution in [0, 0.1) is 0 Å². The van der Waals surface area contributed by atoms with Gasteiger partial charge < -0.3 is 0 Å². The summed E-state index contributed by atoms with van der Waals surface area (Å²) in [5.41, 5.74) is 0. The van der Waals surface area contributed by atoms with Crippen LogP contribution in [0.3, 0.4) is 0 Å². The van der Waals surface area contributed by atoms with Crippen LogP contribution in [0.5, 0.6) is 0 Å². The molecule has 0 fully saturated rings. The first kappa shape index (κ1) is 5.94. The van der Waals surface area contributed by atoms with Crippen molar-refractivity contribution in [1.29, 1.82) is 0 Å². The predicted molar refractivity (Wildman–Crippen MR) is 20.3 cm³/mol. The van der Waals surface area contributed by atoms with Gasteiger partial charge in [-0.1, -0.05) is 0 Å². The van der Waals surface area contributed by atoms with Gasteiger partial charge in [-0.05, 0) is 0 Å². The van der Waals surface area contributed by atoms with Gasteiger partial charge in [-0.25, -0.2) is 0 Å². The average Bonchev–Trinajstić information content (AvgIpc) is 1.35. The van der Waals surface area contributed by atoms with Crippen molar-refractivity contribution in [2.45, 2.75) is 6.92 Å². The number of rotatable bonds is 2. The van der Waals surface area contributed by atoms with Crippen molar-refractivity contribution >= 4 is 15.0 Å². The Morgan fingerprint density at radius 1 is 2.00 bits per heavy atom. The minimum absolute atomic E-state index is 0.343. The van der Waals surface area contributed by atoms with Crippen LogP contribution >= 0.6 is 0 Å². The Morgan fingerprint density at radius 3 is 2.50 bits per heavy atom. The summed E-state index contributed by atoms with van der Waals surface area (Å²) < 4.78 is 21.8. The van der Waals surface area contributed by atoms with Crippen LogP contribution in [0.25, 0.3) is 0 Å². The predicted octanol–water partition coefficient (Wildman–Crippen LogP) is -0.569. The molecule has 0 bridgehead atoms. The van der Waals surface area contributed by atoms with E-state index in [2.05, 4.69) is 3.76 Å². The quantitative estimate of drug-likeness (QED) is 0.537. The van der Waals surface area contributed by atoms with E-state index in [1.807, 2.05) is 0 Å². The van der Waals surface area contributed by atoms with E-state index < -0.39 is 15.0 Å². The second-order valence-corrected chi connectivity index (χ2v) is 2.42. The molecule has 0 unspecified atom stereocenters. The molecule has 0 aliphatic rings. The molecule has 0 rings (SSSR count). The Morgan fingerprint density at radius 2 is 2.50 bits per heavy atom. The van der Waals surface area contributed by atoms with E-state index in [1.165, 1.54) is 0 Å². The molecule has 0 atom stereocenters. The van der Waals surface area contributed by atoms with Gasteiger partial charge in [0.1, 0.15) is 0 Å². The van der Waals surface area contributed by atoms with Gasteiger partial charge in [0.2, 0.25) is 0 Å². The van der Waals surface area contributed by atoms with Gasteiger partial charge in [-0.3, -0.25) is 0 Å². The van der Waals surface area contributed by atoms with Crippen molar-refractivity contribution in [3.05, 3.63) is 0 Å². The van der Waals surface area contributed by atoms with Crippen LogP contribution in [0.4, 0.5) is 0 Å². The third kappa shape index (κ3) is 3.94. The summed E-state index contributed by atoms with van der Waals surface area (Å²) in [6.45, 7) is 2.02. The van der Waals surface area contributed by atoms with Gasteiger partial charge in [0, 0.05) is 0 Å². The van der Waals surface area contributed by atoms with Gasteiger partial charge in [0.05, 0.1) is 0 Å². The Balaban J connectivity index is 2.83. The Labute approximate surface area is 40.9 Å². The first-order chi connectivity index (χ1) is 2.77. The molecule has 0 amide bonds. The minimum atomic E-state index is -3.13. The second-order valence-electron chi connectivity index (χ2n) is 0.699. The maximum atomic E-state index is 9.63. The van der Waals surface area contributed by atoms with Crippen molar-refractivity contribution in [1.82, 2.24) is 0 Å². The molecule has 4 heteroatoms. The first-order valence-corrected chi connectivity index (χ1v) is 4.28. The van der Waals surface area contributed by atoms with Gasteiger partial charge in [-0.15, -0.1) is 0 Å². The fourth-order valence-corrected chi connectivity index (χ4v) is 0.642. The summed E-state index contributed by atoms with van der Waals surface area (Å²) >= 11 is -3.13. The van der Waals surface area contributed by atoms with E-state index in [9.17, 15) is 3.78 Å². The Kier molecular flexibility index (Phi) is 3.12. The third-order valence-corrected chi connectivity index (χ3v) is 1.39. The van der Waals surface area contributed by atoms with Crippen LogP contribution in [-0.4, -0.2) is 25.7 Å². The normalized spacial score (nSPS) is 7.50. The molecule has 0 aromatic heterocycles. The summed E-state index contributed by atoms with van der Waals surface area (Å²) in [4.78, 5) is 0. The van der Waals surface area contributed by atoms with E-state index in [4.69, 9.17) is 4.13 Å². The number of hydrogen-bond acceptors (Lipinski definition) is 2. The molecule has 0 saturated heterocycles. The summed E-state index contributed by atoms with van der Waals surface area (Å²) in [7, 11) is 0. The van der Waals surface area contributed by atoms with Crippen LogP contribution < -0.4 is 0 Å². The molecule has 6 heavy (non-hydrogen) atoms. The summed E-state index contributed by atoms with van der Waals surface area (Å²) in [6.07, 6.45) is 0. The summed E-state index contributed by atoms with van der Waals surface area (Å²) in [5.74, 6) is 0. The van der Waals surface area contributed by atoms with E-state index >= 15 is 0 Å². The van der Waals surface area contributed by atoms with E-state index in [-0.39, 0.29) is 0 Å². The Hall–Kier alpha value is -0.0571. The van der Waals surface area contributed by atoms with Crippen LogP contribution in [0.2, 0.25) is 0 Å². The molecule has 0 heterocycles. The van der Waals surface area contributed by atoms with Gasteiger partial charge in [0.25, 0.3) is 0 Å². The van der Waals surface area contributed by atoms with Crippen molar-refractivity contribution in [2.24, 2.45) is 0 Å². The van der Waals surface area contributed by atoms with E-state index in [0.29, 0.717) is 6.61 Å². The number of hydrogen-bond donors (Lipinski definition) is 1. The zero-order chi connectivity index (χ0) is 4.99. The molecule has 0 aromatic rings. The molecular weight excluding hydrogens is 145 g/mol. The van der Waals surface area contributed by atoms with Gasteiger partial charge >= 0.3 is 40.2 Å². The molecule has 36 valence electrons. The summed E-state index contributed by atoms with van der Waals surface area (Å²) in [6, 6.07) is 0. The van der Waals surface area contributed by atoms with Crippen molar-refractivity contribution in [3.8, 4) is 0 Å². The molecule has 0 spiro atoms. The van der Waals surface area contributed by atoms with E-state index in [1.54, 1.807) is 6.92 Å². The molecule has 3 nitrogen and oxygen atoms in total. The molecule has 1 N–H and O–H groups in total. The fourth-order valence-electron chi connectivity index (χ4n) is 0.123. The maximum absolute atomic E-state index is 9.63. The zero-order valence-electron chi connectivity index (χ0n) is 3.47. The van der Waals surface area contributed by atoms with Crippen LogP contribution in [0.15, 0.2) is 0 Å². The van der Waals surface area contributed by atoms with Gasteiger partial charge in [-0.2, -0.15) is 0 Å². The standard InChI is InChI=1S/C2H6GeO3/c1-2-6-3(4)5/h4H,2H2,1H3.